The largest absolute Gasteiger partial charge is 0.313 e. The van der Waals surface area contributed by atoms with Gasteiger partial charge in [0.25, 0.3) is 0 Å². The molecule has 1 N–H and O–H groups in total. The van der Waals surface area contributed by atoms with Crippen LogP contribution in [0, 0.1) is 6.92 Å². The minimum Gasteiger partial charge on any atom is -0.313 e. The average Bonchev–Trinajstić information content (AvgIpc) is 2.41. The van der Waals surface area contributed by atoms with Gasteiger partial charge < -0.3 is 5.32 Å². The van der Waals surface area contributed by atoms with E-state index in [2.05, 4.69) is 55.6 Å². The van der Waals surface area contributed by atoms with E-state index in [1.807, 2.05) is 6.07 Å². The van der Waals surface area contributed by atoms with Gasteiger partial charge in [0.05, 0.1) is 0 Å². The second-order valence-electron chi connectivity index (χ2n) is 4.84. The molecule has 2 heteroatoms. The molecule has 2 aromatic carbocycles. The minimum atomic E-state index is 0.787. The highest BCUT2D eigenvalue weighted by atomic mass is 35.5. The van der Waals surface area contributed by atoms with E-state index in [9.17, 15) is 0 Å². The van der Waals surface area contributed by atoms with Gasteiger partial charge in [0, 0.05) is 11.6 Å². The van der Waals surface area contributed by atoms with Crippen molar-refractivity contribution in [2.24, 2.45) is 0 Å². The molecule has 0 radical (unpaired) electrons. The summed E-state index contributed by atoms with van der Waals surface area (Å²) in [5, 5.41) is 4.24. The summed E-state index contributed by atoms with van der Waals surface area (Å²) in [6.07, 6.45) is 1.15. The van der Waals surface area contributed by atoms with Gasteiger partial charge in [0.2, 0.25) is 0 Å². The lowest BCUT2D eigenvalue weighted by Crippen LogP contribution is -2.14. The smallest absolute Gasteiger partial charge is 0.0412 e. The fourth-order valence-electron chi connectivity index (χ4n) is 2.10. The van der Waals surface area contributed by atoms with Gasteiger partial charge in [-0.25, -0.2) is 0 Å². The first-order valence-electron chi connectivity index (χ1n) is 6.77. The zero-order chi connectivity index (χ0) is 13.7. The Morgan fingerprint density at radius 1 is 1.05 bits per heavy atom. The van der Waals surface area contributed by atoms with Crippen LogP contribution in [0.2, 0.25) is 5.02 Å². The van der Waals surface area contributed by atoms with Crippen LogP contribution in [0.5, 0.6) is 0 Å². The van der Waals surface area contributed by atoms with E-state index < -0.39 is 0 Å². The zero-order valence-electron chi connectivity index (χ0n) is 11.5. The first-order valence-corrected chi connectivity index (χ1v) is 7.14. The molecule has 100 valence electrons. The van der Waals surface area contributed by atoms with Gasteiger partial charge in [-0.3, -0.25) is 0 Å². The van der Waals surface area contributed by atoms with Crippen molar-refractivity contribution in [3.05, 3.63) is 58.6 Å². The third-order valence-corrected chi connectivity index (χ3v) is 3.41. The van der Waals surface area contributed by atoms with Crippen molar-refractivity contribution in [2.75, 3.05) is 6.54 Å². The topological polar surface area (TPSA) is 12.0 Å². The molecule has 0 amide bonds. The van der Waals surface area contributed by atoms with Crippen LogP contribution in [0.1, 0.15) is 24.5 Å². The molecule has 19 heavy (non-hydrogen) atoms. The summed E-state index contributed by atoms with van der Waals surface area (Å²) in [4.78, 5) is 0. The predicted molar refractivity (Wildman–Crippen MR) is 83.6 cm³/mol. The van der Waals surface area contributed by atoms with Gasteiger partial charge in [0.1, 0.15) is 0 Å². The maximum Gasteiger partial charge on any atom is 0.0412 e. The first kappa shape index (κ1) is 14.1. The van der Waals surface area contributed by atoms with Gasteiger partial charge >= 0.3 is 0 Å². The predicted octanol–water partition coefficient (Wildman–Crippen LogP) is 4.82. The van der Waals surface area contributed by atoms with Crippen LogP contribution >= 0.6 is 11.6 Å². The molecule has 2 aromatic rings. The second kappa shape index (κ2) is 6.74. The fourth-order valence-corrected chi connectivity index (χ4v) is 2.28. The zero-order valence-corrected chi connectivity index (χ0v) is 12.3. The lowest BCUT2D eigenvalue weighted by molar-refractivity contribution is 0.676. The molecule has 0 unspecified atom stereocenters. The Bertz CT molecular complexity index is 531. The number of rotatable bonds is 5. The maximum atomic E-state index is 6.14. The number of benzene rings is 2. The van der Waals surface area contributed by atoms with Crippen LogP contribution in [0.15, 0.2) is 42.5 Å². The van der Waals surface area contributed by atoms with Gasteiger partial charge in [-0.1, -0.05) is 54.4 Å². The molecule has 1 nitrogen and oxygen atoms in total. The van der Waals surface area contributed by atoms with Crippen molar-refractivity contribution < 1.29 is 0 Å². The molecule has 2 rings (SSSR count). The average molecular weight is 274 g/mol. The standard InChI is InChI=1S/C17H20ClN/c1-3-10-19-12-15-8-9-16(18)11-17(15)14-6-4-13(2)5-7-14/h4-9,11,19H,3,10,12H2,1-2H3. The van der Waals surface area contributed by atoms with Gasteiger partial charge in [0.15, 0.2) is 0 Å². The summed E-state index contributed by atoms with van der Waals surface area (Å²) in [5.41, 5.74) is 5.01. The Balaban J connectivity index is 2.31. The molecule has 0 spiro atoms. The van der Waals surface area contributed by atoms with Crippen LogP contribution in [-0.4, -0.2) is 6.54 Å². The Morgan fingerprint density at radius 2 is 1.79 bits per heavy atom. The van der Waals surface area contributed by atoms with E-state index in [4.69, 9.17) is 11.6 Å². The summed E-state index contributed by atoms with van der Waals surface area (Å²) in [5.74, 6) is 0. The molecule has 0 bridgehead atoms. The van der Waals surface area contributed by atoms with Gasteiger partial charge in [-0.05, 0) is 48.7 Å². The normalized spacial score (nSPS) is 10.7. The lowest BCUT2D eigenvalue weighted by atomic mass is 9.99. The minimum absolute atomic E-state index is 0.787. The molecule has 0 saturated heterocycles. The van der Waals surface area contributed by atoms with Gasteiger partial charge in [-0.15, -0.1) is 0 Å². The number of nitrogens with one attached hydrogen (secondary N) is 1. The van der Waals surface area contributed by atoms with Crippen molar-refractivity contribution in [1.29, 1.82) is 0 Å². The molecular formula is C17H20ClN. The highest BCUT2D eigenvalue weighted by Gasteiger charge is 2.05. The quantitative estimate of drug-likeness (QED) is 0.771. The summed E-state index contributed by atoms with van der Waals surface area (Å²) in [6, 6.07) is 14.7. The van der Waals surface area contributed by atoms with Gasteiger partial charge in [-0.2, -0.15) is 0 Å². The monoisotopic (exact) mass is 273 g/mol. The van der Waals surface area contributed by atoms with Crippen LogP contribution in [-0.2, 0) is 6.54 Å². The fraction of sp³-hybridized carbons (Fsp3) is 0.294. The van der Waals surface area contributed by atoms with Crippen molar-refractivity contribution in [2.45, 2.75) is 26.8 Å². The highest BCUT2D eigenvalue weighted by molar-refractivity contribution is 6.30. The molecule has 0 saturated carbocycles. The van der Waals surface area contributed by atoms with Crippen LogP contribution in [0.4, 0.5) is 0 Å². The molecule has 0 atom stereocenters. The van der Waals surface area contributed by atoms with E-state index in [-0.39, 0.29) is 0 Å². The molecule has 0 aromatic heterocycles. The summed E-state index contributed by atoms with van der Waals surface area (Å²) in [7, 11) is 0. The first-order chi connectivity index (χ1) is 9.20. The van der Waals surface area contributed by atoms with Crippen molar-refractivity contribution >= 4 is 11.6 Å². The van der Waals surface area contributed by atoms with Crippen molar-refractivity contribution in [3.63, 3.8) is 0 Å². The van der Waals surface area contributed by atoms with Crippen molar-refractivity contribution in [3.8, 4) is 11.1 Å². The van der Waals surface area contributed by atoms with Crippen LogP contribution in [0.25, 0.3) is 11.1 Å². The van der Waals surface area contributed by atoms with Crippen LogP contribution in [0.3, 0.4) is 0 Å². The van der Waals surface area contributed by atoms with Crippen LogP contribution < -0.4 is 5.32 Å². The van der Waals surface area contributed by atoms with E-state index in [0.29, 0.717) is 0 Å². The SMILES string of the molecule is CCCNCc1ccc(Cl)cc1-c1ccc(C)cc1. The van der Waals surface area contributed by atoms with E-state index in [1.165, 1.54) is 22.3 Å². The van der Waals surface area contributed by atoms with E-state index in [0.717, 1.165) is 24.5 Å². The van der Waals surface area contributed by atoms with Crippen molar-refractivity contribution in [1.82, 2.24) is 5.32 Å². The van der Waals surface area contributed by atoms with E-state index in [1.54, 1.807) is 0 Å². The molecule has 0 aliphatic carbocycles. The highest BCUT2D eigenvalue weighted by Crippen LogP contribution is 2.27. The third kappa shape index (κ3) is 3.82. The number of aryl methyl sites for hydroxylation is 1. The Hall–Kier alpha value is -1.31. The second-order valence-corrected chi connectivity index (χ2v) is 5.28. The summed E-state index contributed by atoms with van der Waals surface area (Å²) < 4.78 is 0. The summed E-state index contributed by atoms with van der Waals surface area (Å²) >= 11 is 6.14. The van der Waals surface area contributed by atoms with E-state index >= 15 is 0 Å². The third-order valence-electron chi connectivity index (χ3n) is 3.18. The molecular weight excluding hydrogens is 254 g/mol. The number of hydrogen-bond donors (Lipinski definition) is 1. The Morgan fingerprint density at radius 3 is 2.47 bits per heavy atom. The maximum absolute atomic E-state index is 6.14. The number of halogens is 1. The number of hydrogen-bond acceptors (Lipinski definition) is 1. The summed E-state index contributed by atoms with van der Waals surface area (Å²) in [6.45, 7) is 6.20. The Labute approximate surface area is 120 Å². The molecule has 0 aliphatic heterocycles. The molecule has 0 heterocycles. The lowest BCUT2D eigenvalue weighted by Gasteiger charge is -2.11. The molecule has 0 aliphatic rings. The molecule has 0 fully saturated rings. The Kier molecular flexibility index (Phi) is 5.00.